The van der Waals surface area contributed by atoms with Crippen molar-refractivity contribution in [2.24, 2.45) is 0 Å². The first-order valence-corrected chi connectivity index (χ1v) is 6.74. The summed E-state index contributed by atoms with van der Waals surface area (Å²) in [5.41, 5.74) is 5.59. The molecule has 2 heteroatoms. The van der Waals surface area contributed by atoms with Gasteiger partial charge < -0.3 is 0 Å². The molecule has 1 aromatic carbocycles. The Morgan fingerprint density at radius 2 is 1.47 bits per heavy atom. The van der Waals surface area contributed by atoms with Crippen LogP contribution in [-0.4, -0.2) is 9.97 Å². The van der Waals surface area contributed by atoms with Crippen LogP contribution in [0.15, 0.2) is 30.6 Å². The second kappa shape index (κ2) is 5.12. The number of aromatic nitrogens is 2. The fourth-order valence-electron chi connectivity index (χ4n) is 2.28. The van der Waals surface area contributed by atoms with Crippen molar-refractivity contribution in [1.82, 2.24) is 9.97 Å². The molecule has 2 rings (SSSR count). The summed E-state index contributed by atoms with van der Waals surface area (Å²) in [6.45, 7) is 11.1. The number of rotatable bonds is 2. The summed E-state index contributed by atoms with van der Waals surface area (Å²) in [5, 5.41) is 0. The molecule has 2 nitrogen and oxygen atoms in total. The van der Waals surface area contributed by atoms with E-state index in [-0.39, 0.29) is 5.41 Å². The Morgan fingerprint density at radius 3 is 1.95 bits per heavy atom. The molecule has 0 aliphatic heterocycles. The fourth-order valence-corrected chi connectivity index (χ4v) is 2.28. The molecule has 1 heterocycles. The molecule has 0 saturated heterocycles. The van der Waals surface area contributed by atoms with Crippen molar-refractivity contribution in [2.45, 2.75) is 46.5 Å². The zero-order chi connectivity index (χ0) is 14.0. The molecule has 0 aliphatic rings. The molecule has 0 radical (unpaired) electrons. The van der Waals surface area contributed by atoms with Crippen LogP contribution in [0.3, 0.4) is 0 Å². The summed E-state index contributed by atoms with van der Waals surface area (Å²) in [5.74, 6) is 0.886. The minimum absolute atomic E-state index is 0.192. The van der Waals surface area contributed by atoms with E-state index >= 15 is 0 Å². The van der Waals surface area contributed by atoms with Gasteiger partial charge in [0.2, 0.25) is 0 Å². The topological polar surface area (TPSA) is 25.8 Å². The summed E-state index contributed by atoms with van der Waals surface area (Å²) >= 11 is 0. The van der Waals surface area contributed by atoms with Crippen LogP contribution in [-0.2, 0) is 11.8 Å². The molecule has 0 unspecified atom stereocenters. The Labute approximate surface area is 115 Å². The van der Waals surface area contributed by atoms with Gasteiger partial charge in [0.25, 0.3) is 0 Å². The summed E-state index contributed by atoms with van der Waals surface area (Å²) in [6, 6.07) is 6.45. The third-order valence-corrected chi connectivity index (χ3v) is 3.52. The summed E-state index contributed by atoms with van der Waals surface area (Å²) < 4.78 is 0. The van der Waals surface area contributed by atoms with Gasteiger partial charge in [0, 0.05) is 18.8 Å². The number of aryl methyl sites for hydroxylation is 2. The van der Waals surface area contributed by atoms with Crippen LogP contribution in [0.4, 0.5) is 0 Å². The third-order valence-electron chi connectivity index (χ3n) is 3.52. The Kier molecular flexibility index (Phi) is 3.70. The van der Waals surface area contributed by atoms with Crippen molar-refractivity contribution in [3.8, 4) is 0 Å². The number of hydrogen-bond donors (Lipinski definition) is 0. The minimum atomic E-state index is 0.192. The van der Waals surface area contributed by atoms with E-state index < -0.39 is 0 Å². The quantitative estimate of drug-likeness (QED) is 0.810. The Hall–Kier alpha value is -1.70. The lowest BCUT2D eigenvalue weighted by Gasteiger charge is -2.22. The zero-order valence-corrected chi connectivity index (χ0v) is 12.5. The van der Waals surface area contributed by atoms with Gasteiger partial charge in [-0.2, -0.15) is 0 Å². The third kappa shape index (κ3) is 3.19. The molecule has 100 valence electrons. The molecule has 0 spiro atoms. The van der Waals surface area contributed by atoms with Crippen LogP contribution in [0, 0.1) is 13.8 Å². The molecule has 0 amide bonds. The lowest BCUT2D eigenvalue weighted by Crippen LogP contribution is -2.13. The molecule has 1 aromatic heterocycles. The second-order valence-corrected chi connectivity index (χ2v) is 6.18. The molecule has 0 aliphatic carbocycles. The highest BCUT2D eigenvalue weighted by atomic mass is 14.8. The van der Waals surface area contributed by atoms with Crippen LogP contribution >= 0.6 is 0 Å². The van der Waals surface area contributed by atoms with E-state index in [2.05, 4.69) is 56.7 Å². The van der Waals surface area contributed by atoms with Crippen LogP contribution < -0.4 is 0 Å². The van der Waals surface area contributed by atoms with Crippen molar-refractivity contribution < 1.29 is 0 Å². The maximum atomic E-state index is 4.32. The molecule has 19 heavy (non-hydrogen) atoms. The van der Waals surface area contributed by atoms with E-state index in [1.165, 1.54) is 22.3 Å². The lowest BCUT2D eigenvalue weighted by molar-refractivity contribution is 0.588. The maximum Gasteiger partial charge on any atom is 0.132 e. The highest BCUT2D eigenvalue weighted by Gasteiger charge is 2.16. The van der Waals surface area contributed by atoms with E-state index in [1.54, 1.807) is 12.4 Å². The normalized spacial score (nSPS) is 11.6. The molecule has 0 fully saturated rings. The summed E-state index contributed by atoms with van der Waals surface area (Å²) in [4.78, 5) is 8.63. The van der Waals surface area contributed by atoms with Crippen LogP contribution in [0.2, 0.25) is 0 Å². The van der Waals surface area contributed by atoms with E-state index in [9.17, 15) is 0 Å². The first-order valence-electron chi connectivity index (χ1n) is 6.74. The number of benzene rings is 1. The number of nitrogens with zero attached hydrogens (tertiary/aromatic N) is 2. The monoisotopic (exact) mass is 254 g/mol. The van der Waals surface area contributed by atoms with Crippen molar-refractivity contribution in [2.75, 3.05) is 0 Å². The van der Waals surface area contributed by atoms with Crippen LogP contribution in [0.25, 0.3) is 0 Å². The van der Waals surface area contributed by atoms with E-state index in [4.69, 9.17) is 0 Å². The smallest absolute Gasteiger partial charge is 0.132 e. The molecule has 0 saturated carbocycles. The number of hydrogen-bond acceptors (Lipinski definition) is 2. The summed E-state index contributed by atoms with van der Waals surface area (Å²) in [7, 11) is 0. The van der Waals surface area contributed by atoms with Gasteiger partial charge in [-0.15, -0.1) is 0 Å². The van der Waals surface area contributed by atoms with Crippen LogP contribution in [0.1, 0.15) is 48.8 Å². The predicted octanol–water partition coefficient (Wildman–Crippen LogP) is 3.98. The molecule has 0 N–H and O–H groups in total. The lowest BCUT2D eigenvalue weighted by atomic mass is 9.83. The first-order chi connectivity index (χ1) is 8.88. The van der Waals surface area contributed by atoms with E-state index in [0.29, 0.717) is 0 Å². The molecular formula is C17H22N2. The highest BCUT2D eigenvalue weighted by molar-refractivity contribution is 5.41. The van der Waals surface area contributed by atoms with Gasteiger partial charge in [-0.3, -0.25) is 0 Å². The van der Waals surface area contributed by atoms with E-state index in [0.717, 1.165) is 12.2 Å². The standard InChI is InChI=1S/C17H22N2/c1-12-9-14(17(3,4)5)10-13(2)15(12)11-16-18-7-6-8-19-16/h6-10H,11H2,1-5H3. The highest BCUT2D eigenvalue weighted by Crippen LogP contribution is 2.27. The predicted molar refractivity (Wildman–Crippen MR) is 79.5 cm³/mol. The minimum Gasteiger partial charge on any atom is -0.241 e. The average Bonchev–Trinajstić information content (AvgIpc) is 2.33. The Morgan fingerprint density at radius 1 is 0.947 bits per heavy atom. The largest absolute Gasteiger partial charge is 0.241 e. The second-order valence-electron chi connectivity index (χ2n) is 6.18. The van der Waals surface area contributed by atoms with Gasteiger partial charge in [-0.25, -0.2) is 9.97 Å². The first kappa shape index (κ1) is 13.7. The van der Waals surface area contributed by atoms with Gasteiger partial charge in [0.15, 0.2) is 0 Å². The summed E-state index contributed by atoms with van der Waals surface area (Å²) in [6.07, 6.45) is 4.41. The Balaban J connectivity index is 2.38. The SMILES string of the molecule is Cc1cc(C(C)(C)C)cc(C)c1Cc1ncccn1. The average molecular weight is 254 g/mol. The van der Waals surface area contributed by atoms with Gasteiger partial charge in [-0.1, -0.05) is 32.9 Å². The molecular weight excluding hydrogens is 232 g/mol. The van der Waals surface area contributed by atoms with Gasteiger partial charge in [0.05, 0.1) is 0 Å². The van der Waals surface area contributed by atoms with E-state index in [1.807, 2.05) is 6.07 Å². The molecule has 0 bridgehead atoms. The van der Waals surface area contributed by atoms with Gasteiger partial charge in [0.1, 0.15) is 5.82 Å². The Bertz CT molecular complexity index is 543. The molecule has 2 aromatic rings. The van der Waals surface area contributed by atoms with Crippen molar-refractivity contribution in [3.05, 3.63) is 58.7 Å². The maximum absolute atomic E-state index is 4.32. The molecule has 0 atom stereocenters. The fraction of sp³-hybridized carbons (Fsp3) is 0.412. The van der Waals surface area contributed by atoms with Gasteiger partial charge >= 0.3 is 0 Å². The van der Waals surface area contributed by atoms with Crippen molar-refractivity contribution in [3.63, 3.8) is 0 Å². The van der Waals surface area contributed by atoms with Crippen molar-refractivity contribution >= 4 is 0 Å². The van der Waals surface area contributed by atoms with Crippen LogP contribution in [0.5, 0.6) is 0 Å². The zero-order valence-electron chi connectivity index (χ0n) is 12.5. The van der Waals surface area contributed by atoms with Crippen molar-refractivity contribution in [1.29, 1.82) is 0 Å². The van der Waals surface area contributed by atoms with Gasteiger partial charge in [-0.05, 0) is 47.6 Å².